The van der Waals surface area contributed by atoms with Gasteiger partial charge in [0.2, 0.25) is 0 Å². The summed E-state index contributed by atoms with van der Waals surface area (Å²) < 4.78 is 3.65. The maximum absolute atomic E-state index is 2.39. The minimum atomic E-state index is -0.825. The fourth-order valence-corrected chi connectivity index (χ4v) is 9.98. The predicted octanol–water partition coefficient (Wildman–Crippen LogP) is 5.81. The Bertz CT molecular complexity index is 448. The van der Waals surface area contributed by atoms with Crippen molar-refractivity contribution < 1.29 is 25.8 Å². The van der Waals surface area contributed by atoms with E-state index in [0.29, 0.717) is 10.8 Å². The van der Waals surface area contributed by atoms with Gasteiger partial charge in [0.15, 0.2) is 0 Å². The van der Waals surface area contributed by atoms with Gasteiger partial charge in [-0.2, -0.15) is 0 Å². The Morgan fingerprint density at radius 1 is 0.789 bits per heavy atom. The summed E-state index contributed by atoms with van der Waals surface area (Å²) in [6.45, 7) is 14.1. The average molecular weight is 423 g/mol. The summed E-state index contributed by atoms with van der Waals surface area (Å²) in [6.07, 6.45) is 12.0. The molecule has 0 bridgehead atoms. The smallest absolute Gasteiger partial charge is 1.00 e. The van der Waals surface area contributed by atoms with Crippen molar-refractivity contribution in [2.75, 3.05) is 0 Å². The van der Waals surface area contributed by atoms with Gasteiger partial charge in [-0.1, -0.05) is 0 Å². The molecule has 2 rings (SSSR count). The van der Waals surface area contributed by atoms with Crippen LogP contribution in [0.25, 0.3) is 0 Å². The molecular formula is C18H28Hf. The summed E-state index contributed by atoms with van der Waals surface area (Å²) in [6, 6.07) is 0. The van der Waals surface area contributed by atoms with Gasteiger partial charge in [-0.05, 0) is 0 Å². The van der Waals surface area contributed by atoms with Crippen LogP contribution in [-0.4, -0.2) is 0 Å². The van der Waals surface area contributed by atoms with Gasteiger partial charge in [-0.25, -0.2) is 0 Å². The van der Waals surface area contributed by atoms with Crippen LogP contribution in [0, 0.1) is 10.8 Å². The third-order valence-electron chi connectivity index (χ3n) is 3.78. The summed E-state index contributed by atoms with van der Waals surface area (Å²) in [5, 5.41) is 0. The van der Waals surface area contributed by atoms with Gasteiger partial charge < -0.3 is 2.85 Å². The van der Waals surface area contributed by atoms with E-state index in [1.165, 1.54) is 12.8 Å². The van der Waals surface area contributed by atoms with Crippen molar-refractivity contribution >= 4 is 0 Å². The summed E-state index contributed by atoms with van der Waals surface area (Å²) in [7, 11) is 0. The molecule has 19 heavy (non-hydrogen) atoms. The predicted molar refractivity (Wildman–Crippen MR) is 82.7 cm³/mol. The second-order valence-corrected chi connectivity index (χ2v) is 12.9. The Morgan fingerprint density at radius 3 is 1.47 bits per heavy atom. The number of hydrogen-bond acceptors (Lipinski definition) is 0. The molecule has 2 aliphatic carbocycles. The molecule has 0 amide bonds. The number of rotatable bonds is 2. The fraction of sp³-hybridized carbons (Fsp3) is 0.556. The van der Waals surface area contributed by atoms with Crippen molar-refractivity contribution in [2.45, 2.75) is 54.4 Å². The van der Waals surface area contributed by atoms with Gasteiger partial charge in [0, 0.05) is 0 Å². The third kappa shape index (κ3) is 3.48. The largest absolute Gasteiger partial charge is 1.00 e. The molecule has 0 aromatic rings. The van der Waals surface area contributed by atoms with Crippen molar-refractivity contribution in [2.24, 2.45) is 10.8 Å². The molecule has 0 saturated carbocycles. The molecule has 0 N–H and O–H groups in total. The first kappa shape index (κ1) is 15.2. The molecule has 0 heterocycles. The van der Waals surface area contributed by atoms with Crippen LogP contribution in [0.15, 0.2) is 42.1 Å². The van der Waals surface area contributed by atoms with E-state index in [2.05, 4.69) is 65.8 Å². The first-order valence-corrected chi connectivity index (χ1v) is 10.9. The molecule has 0 unspecified atom stereocenters. The Hall–Kier alpha value is -0.170. The molecular weight excluding hydrogens is 395 g/mol. The van der Waals surface area contributed by atoms with Gasteiger partial charge in [-0.3, -0.25) is 0 Å². The molecule has 0 nitrogen and oxygen atoms in total. The Morgan fingerprint density at radius 2 is 1.16 bits per heavy atom. The molecule has 0 saturated heterocycles. The molecule has 0 aromatic heterocycles. The molecule has 0 aromatic carbocycles. The van der Waals surface area contributed by atoms with Crippen LogP contribution in [0.5, 0.6) is 0 Å². The summed E-state index contributed by atoms with van der Waals surface area (Å²) in [4.78, 5) is 0. The fourth-order valence-electron chi connectivity index (χ4n) is 2.83. The van der Waals surface area contributed by atoms with Crippen LogP contribution in [-0.2, 0) is 22.9 Å². The minimum absolute atomic E-state index is 0. The standard InChI is InChI=1S/2C9H13.Hf.2H/c2*1-9(2,3)8-6-4-5-7-8;;;/h2*4,6H,5H2,1-3H3;;;/q;;+2;2*-1. The van der Waals surface area contributed by atoms with E-state index in [1.54, 1.807) is 11.1 Å². The Labute approximate surface area is 133 Å². The monoisotopic (exact) mass is 424 g/mol. The van der Waals surface area contributed by atoms with E-state index in [4.69, 9.17) is 0 Å². The van der Waals surface area contributed by atoms with Gasteiger partial charge in [0.1, 0.15) is 0 Å². The molecule has 2 aliphatic rings. The topological polar surface area (TPSA) is 0 Å². The van der Waals surface area contributed by atoms with Gasteiger partial charge in [0.25, 0.3) is 0 Å². The van der Waals surface area contributed by atoms with Crippen LogP contribution in [0.4, 0.5) is 0 Å². The van der Waals surface area contributed by atoms with Gasteiger partial charge in [0.05, 0.1) is 0 Å². The molecule has 1 heteroatoms. The Kier molecular flexibility index (Phi) is 4.26. The van der Waals surface area contributed by atoms with E-state index < -0.39 is 22.9 Å². The SMILES string of the molecule is CC(C)(C)C1=[C]([Hf+2][C]2=C(C(C)(C)C)C=CC2)CC=C1.[H-].[H-]. The van der Waals surface area contributed by atoms with E-state index in [1.807, 2.05) is 6.66 Å². The molecule has 0 radical (unpaired) electrons. The number of hydrogen-bond donors (Lipinski definition) is 0. The van der Waals surface area contributed by atoms with Crippen LogP contribution in [0.1, 0.15) is 57.2 Å². The second-order valence-electron chi connectivity index (χ2n) is 7.62. The van der Waals surface area contributed by atoms with Crippen molar-refractivity contribution in [3.8, 4) is 0 Å². The number of allylic oxidation sites excluding steroid dienone is 8. The summed E-state index contributed by atoms with van der Waals surface area (Å²) in [5.74, 6) is 0. The van der Waals surface area contributed by atoms with Crippen LogP contribution >= 0.6 is 0 Å². The van der Waals surface area contributed by atoms with E-state index >= 15 is 0 Å². The van der Waals surface area contributed by atoms with Crippen molar-refractivity contribution in [1.29, 1.82) is 0 Å². The normalized spacial score (nSPS) is 19.7. The van der Waals surface area contributed by atoms with Gasteiger partial charge >= 0.3 is 130 Å². The molecule has 104 valence electrons. The first-order valence-electron chi connectivity index (χ1n) is 7.27. The first-order chi connectivity index (χ1) is 8.69. The molecule has 0 spiro atoms. The van der Waals surface area contributed by atoms with Gasteiger partial charge in [-0.15, -0.1) is 0 Å². The van der Waals surface area contributed by atoms with Crippen LogP contribution in [0.2, 0.25) is 0 Å². The summed E-state index contributed by atoms with van der Waals surface area (Å²) in [5.41, 5.74) is 3.93. The van der Waals surface area contributed by atoms with E-state index in [0.717, 1.165) is 0 Å². The maximum atomic E-state index is 2.39. The zero-order chi connectivity index (χ0) is 14.3. The zero-order valence-corrected chi connectivity index (χ0v) is 16.8. The Balaban J connectivity index is 0.00000200. The quantitative estimate of drug-likeness (QED) is 0.492. The van der Waals surface area contributed by atoms with Crippen LogP contribution in [0.3, 0.4) is 0 Å². The van der Waals surface area contributed by atoms with E-state index in [-0.39, 0.29) is 2.85 Å². The van der Waals surface area contributed by atoms with E-state index in [9.17, 15) is 0 Å². The summed E-state index contributed by atoms with van der Waals surface area (Å²) >= 11 is -0.825. The molecule has 0 atom stereocenters. The third-order valence-corrected chi connectivity index (χ3v) is 9.35. The minimum Gasteiger partial charge on any atom is -1.00 e. The molecule has 0 fully saturated rings. The second kappa shape index (κ2) is 5.31. The van der Waals surface area contributed by atoms with Crippen molar-refractivity contribution in [1.82, 2.24) is 0 Å². The van der Waals surface area contributed by atoms with Crippen molar-refractivity contribution in [3.05, 3.63) is 42.1 Å². The zero-order valence-electron chi connectivity index (χ0n) is 15.2. The molecule has 0 aliphatic heterocycles. The maximum Gasteiger partial charge on any atom is -1.00 e. The van der Waals surface area contributed by atoms with Crippen LogP contribution < -0.4 is 0 Å². The average Bonchev–Trinajstić information content (AvgIpc) is 2.83. The van der Waals surface area contributed by atoms with Crippen molar-refractivity contribution in [3.63, 3.8) is 0 Å².